The summed E-state index contributed by atoms with van der Waals surface area (Å²) < 4.78 is 182. The number of halogens is 15. The first-order valence-electron chi connectivity index (χ1n) is 4.66. The molecule has 15 heteroatoms. The molecule has 0 saturated heterocycles. The van der Waals surface area contributed by atoms with Gasteiger partial charge in [-0.2, -0.15) is 61.5 Å². The number of alkyl halides is 14. The Kier molecular flexibility index (Phi) is 5.05. The summed E-state index contributed by atoms with van der Waals surface area (Å²) in [5.74, 6) is -34.5. The average Bonchev–Trinajstić information content (AvgIpc) is 2.24. The Morgan fingerprint density at radius 3 is 1.13 bits per heavy atom. The van der Waals surface area contributed by atoms with E-state index in [9.17, 15) is 65.9 Å². The van der Waals surface area contributed by atoms with Crippen molar-refractivity contribution < 1.29 is 65.9 Å². The molecule has 0 saturated carbocycles. The van der Waals surface area contributed by atoms with Crippen LogP contribution in [0.1, 0.15) is 0 Å². The van der Waals surface area contributed by atoms with E-state index < -0.39 is 47.9 Å². The third-order valence-corrected chi connectivity index (χ3v) is 2.14. The van der Waals surface area contributed by atoms with Crippen molar-refractivity contribution in [3.8, 4) is 0 Å². The van der Waals surface area contributed by atoms with Crippen molar-refractivity contribution in [2.75, 3.05) is 0 Å². The summed E-state index contributed by atoms with van der Waals surface area (Å²) in [6.45, 7) is 0. The van der Waals surface area contributed by atoms with Crippen molar-refractivity contribution in [3.05, 3.63) is 11.9 Å². The van der Waals surface area contributed by atoms with Crippen LogP contribution >= 0.6 is 0 Å². The second-order valence-corrected chi connectivity index (χ2v) is 3.83. The van der Waals surface area contributed by atoms with Crippen LogP contribution in [-0.4, -0.2) is 36.0 Å². The highest BCUT2D eigenvalue weighted by Crippen LogP contribution is 2.57. The molecule has 0 heterocycles. The molecular formula is C8HF15. The summed E-state index contributed by atoms with van der Waals surface area (Å²) in [4.78, 5) is 0. The highest BCUT2D eigenvalue weighted by atomic mass is 19.4. The van der Waals surface area contributed by atoms with Crippen LogP contribution in [0.25, 0.3) is 0 Å². The van der Waals surface area contributed by atoms with Gasteiger partial charge in [-0.05, 0) is 0 Å². The van der Waals surface area contributed by atoms with E-state index in [1.807, 2.05) is 0 Å². The first kappa shape index (κ1) is 21.7. The van der Waals surface area contributed by atoms with E-state index in [0.717, 1.165) is 0 Å². The third kappa shape index (κ3) is 3.46. The van der Waals surface area contributed by atoms with E-state index in [-0.39, 0.29) is 0 Å². The van der Waals surface area contributed by atoms with E-state index in [2.05, 4.69) is 0 Å². The predicted octanol–water partition coefficient (Wildman–Crippen LogP) is 5.51. The summed E-state index contributed by atoms with van der Waals surface area (Å²) in [5, 5.41) is 0. The second kappa shape index (κ2) is 5.36. The molecule has 0 spiro atoms. The van der Waals surface area contributed by atoms with Crippen LogP contribution < -0.4 is 0 Å². The van der Waals surface area contributed by atoms with Gasteiger partial charge < -0.3 is 0 Å². The van der Waals surface area contributed by atoms with Gasteiger partial charge in [-0.25, -0.2) is 4.39 Å². The van der Waals surface area contributed by atoms with Gasteiger partial charge in [0.05, 0.1) is 0 Å². The molecule has 0 aliphatic heterocycles. The summed E-state index contributed by atoms with van der Waals surface area (Å²) in [6, 6.07) is 0. The first-order chi connectivity index (χ1) is 9.63. The summed E-state index contributed by atoms with van der Waals surface area (Å²) >= 11 is 0. The van der Waals surface area contributed by atoms with Gasteiger partial charge in [0.25, 0.3) is 0 Å². The number of allylic oxidation sites excluding steroid dienone is 2. The largest absolute Gasteiger partial charge is 0.460 e. The Morgan fingerprint density at radius 1 is 0.522 bits per heavy atom. The van der Waals surface area contributed by atoms with Crippen LogP contribution in [0.2, 0.25) is 0 Å². The summed E-state index contributed by atoms with van der Waals surface area (Å²) in [7, 11) is 0. The number of hydrogen-bond donors (Lipinski definition) is 0. The Morgan fingerprint density at radius 2 is 0.870 bits per heavy atom. The molecule has 0 amide bonds. The van der Waals surface area contributed by atoms with Crippen molar-refractivity contribution >= 4 is 0 Å². The molecule has 0 radical (unpaired) electrons. The Balaban J connectivity index is 6.16. The van der Waals surface area contributed by atoms with Crippen molar-refractivity contribution in [2.45, 2.75) is 36.0 Å². The minimum atomic E-state index is -7.90. The maximum atomic E-state index is 12.7. The molecule has 0 fully saturated rings. The van der Waals surface area contributed by atoms with E-state index in [1.165, 1.54) is 0 Å². The van der Waals surface area contributed by atoms with Gasteiger partial charge in [0.1, 0.15) is 0 Å². The Hall–Kier alpha value is -1.31. The molecule has 0 aromatic rings. The molecule has 0 aromatic heterocycles. The molecule has 0 unspecified atom stereocenters. The van der Waals surface area contributed by atoms with Crippen molar-refractivity contribution in [2.24, 2.45) is 0 Å². The molecular weight excluding hydrogens is 381 g/mol. The van der Waals surface area contributed by atoms with Gasteiger partial charge in [0.15, 0.2) is 0 Å². The number of hydrogen-bond acceptors (Lipinski definition) is 0. The van der Waals surface area contributed by atoms with Gasteiger partial charge in [-0.15, -0.1) is 0 Å². The molecule has 23 heavy (non-hydrogen) atoms. The normalized spacial score (nSPS) is 16.7. The van der Waals surface area contributed by atoms with Gasteiger partial charge in [-0.1, -0.05) is 0 Å². The average molecular weight is 382 g/mol. The zero-order valence-corrected chi connectivity index (χ0v) is 9.75. The fraction of sp³-hybridized carbons (Fsp3) is 0.750. The Labute approximate surface area is 115 Å². The monoisotopic (exact) mass is 382 g/mol. The molecule has 0 N–H and O–H groups in total. The molecule has 0 aromatic carbocycles. The van der Waals surface area contributed by atoms with Crippen LogP contribution in [0.4, 0.5) is 65.9 Å². The van der Waals surface area contributed by atoms with Crippen molar-refractivity contribution in [1.82, 2.24) is 0 Å². The van der Waals surface area contributed by atoms with Crippen LogP contribution in [-0.2, 0) is 0 Å². The fourth-order valence-corrected chi connectivity index (χ4v) is 0.916. The van der Waals surface area contributed by atoms with Crippen LogP contribution in [0, 0.1) is 0 Å². The lowest BCUT2D eigenvalue weighted by Gasteiger charge is -2.36. The van der Waals surface area contributed by atoms with Gasteiger partial charge in [-0.3, -0.25) is 0 Å². The quantitative estimate of drug-likeness (QED) is 0.563. The minimum Gasteiger partial charge on any atom is -0.202 e. The van der Waals surface area contributed by atoms with Gasteiger partial charge >= 0.3 is 36.0 Å². The van der Waals surface area contributed by atoms with E-state index in [1.54, 1.807) is 0 Å². The molecule has 0 rings (SSSR count). The molecule has 138 valence electrons. The first-order valence-corrected chi connectivity index (χ1v) is 4.66. The molecule has 0 nitrogen and oxygen atoms in total. The highest BCUT2D eigenvalue weighted by Gasteiger charge is 2.86. The van der Waals surface area contributed by atoms with E-state index >= 15 is 0 Å². The van der Waals surface area contributed by atoms with Gasteiger partial charge in [0.2, 0.25) is 5.83 Å². The molecule has 0 atom stereocenters. The maximum Gasteiger partial charge on any atom is 0.460 e. The predicted molar refractivity (Wildman–Crippen MR) is 41.1 cm³/mol. The molecule has 0 aliphatic rings. The van der Waals surface area contributed by atoms with Crippen molar-refractivity contribution in [3.63, 3.8) is 0 Å². The summed E-state index contributed by atoms with van der Waals surface area (Å²) in [5.41, 5.74) is 0. The zero-order chi connectivity index (χ0) is 19.3. The zero-order valence-electron chi connectivity index (χ0n) is 9.75. The van der Waals surface area contributed by atoms with E-state index in [4.69, 9.17) is 0 Å². The van der Waals surface area contributed by atoms with E-state index in [0.29, 0.717) is 0 Å². The lowest BCUT2D eigenvalue weighted by atomic mass is 9.97. The third-order valence-electron chi connectivity index (χ3n) is 2.14. The van der Waals surface area contributed by atoms with Crippen molar-refractivity contribution in [1.29, 1.82) is 0 Å². The lowest BCUT2D eigenvalue weighted by molar-refractivity contribution is -0.417. The minimum absolute atomic E-state index is 2.52. The second-order valence-electron chi connectivity index (χ2n) is 3.83. The topological polar surface area (TPSA) is 0 Å². The fourth-order valence-electron chi connectivity index (χ4n) is 0.916. The highest BCUT2D eigenvalue weighted by molar-refractivity contribution is 5.16. The number of rotatable bonds is 4. The lowest BCUT2D eigenvalue weighted by Crippen LogP contribution is -2.66. The molecule has 0 aliphatic carbocycles. The van der Waals surface area contributed by atoms with Crippen LogP contribution in [0.15, 0.2) is 11.9 Å². The SMILES string of the molecule is FC(=CC(F)(F)C(F)(F)C(F)(F)C(F)(F)C(F)(F)F)C(F)(F)F. The molecule has 0 bridgehead atoms. The van der Waals surface area contributed by atoms with Gasteiger partial charge in [0, 0.05) is 6.08 Å². The summed E-state index contributed by atoms with van der Waals surface area (Å²) in [6.07, 6.45) is -16.4. The standard InChI is InChI=1S/C8HF15/c9-2(4(12,13)14)1-3(10,11)5(15,16)6(17,18)7(19,20)8(21,22)23/h1H. The Bertz CT molecular complexity index is 461. The smallest absolute Gasteiger partial charge is 0.202 e. The maximum absolute atomic E-state index is 12.7. The van der Waals surface area contributed by atoms with Crippen LogP contribution in [0.5, 0.6) is 0 Å². The van der Waals surface area contributed by atoms with Crippen LogP contribution in [0.3, 0.4) is 0 Å².